The highest BCUT2D eigenvalue weighted by Gasteiger charge is 2.20. The molecule has 1 aromatic carbocycles. The number of aromatic nitrogens is 1. The zero-order valence-electron chi connectivity index (χ0n) is 13.5. The molecule has 1 atom stereocenters. The SMILES string of the molecule is O=C(c1ccc(Cc2cccc(F)c2)nc1)N1CCC[C@H](O)CC1. The first-order chi connectivity index (χ1) is 11.6. The molecule has 2 aromatic rings. The first-order valence-corrected chi connectivity index (χ1v) is 8.28. The van der Waals surface area contributed by atoms with Crippen molar-refractivity contribution in [3.05, 3.63) is 65.2 Å². The van der Waals surface area contributed by atoms with Crippen molar-refractivity contribution in [3.63, 3.8) is 0 Å². The van der Waals surface area contributed by atoms with E-state index in [1.165, 1.54) is 12.1 Å². The van der Waals surface area contributed by atoms with Gasteiger partial charge < -0.3 is 10.0 Å². The third-order valence-corrected chi connectivity index (χ3v) is 4.33. The average molecular weight is 328 g/mol. The zero-order chi connectivity index (χ0) is 16.9. The van der Waals surface area contributed by atoms with Crippen LogP contribution in [0.5, 0.6) is 0 Å². The standard InChI is InChI=1S/C19H21FN2O2/c20-16-4-1-3-14(11-16)12-17-7-6-15(13-21-17)19(24)22-9-2-5-18(23)8-10-22/h1,3-4,6-7,11,13,18,23H,2,5,8-10,12H2/t18-/m0/s1. The normalized spacial score (nSPS) is 18.2. The van der Waals surface area contributed by atoms with E-state index < -0.39 is 0 Å². The number of halogens is 1. The number of benzene rings is 1. The topological polar surface area (TPSA) is 53.4 Å². The Morgan fingerprint density at radius 3 is 2.88 bits per heavy atom. The van der Waals surface area contributed by atoms with E-state index in [2.05, 4.69) is 4.98 Å². The molecule has 126 valence electrons. The first kappa shape index (κ1) is 16.6. The van der Waals surface area contributed by atoms with Crippen molar-refractivity contribution in [1.29, 1.82) is 0 Å². The van der Waals surface area contributed by atoms with Crippen LogP contribution in [0.1, 0.15) is 40.9 Å². The van der Waals surface area contributed by atoms with Crippen LogP contribution in [0.15, 0.2) is 42.6 Å². The minimum absolute atomic E-state index is 0.0473. The predicted octanol–water partition coefficient (Wildman–Crippen LogP) is 2.80. The second-order valence-corrected chi connectivity index (χ2v) is 6.22. The Labute approximate surface area is 141 Å². The molecular weight excluding hydrogens is 307 g/mol. The lowest BCUT2D eigenvalue weighted by molar-refractivity contribution is 0.0752. The summed E-state index contributed by atoms with van der Waals surface area (Å²) < 4.78 is 13.2. The van der Waals surface area contributed by atoms with E-state index in [-0.39, 0.29) is 17.8 Å². The van der Waals surface area contributed by atoms with Gasteiger partial charge in [0.15, 0.2) is 0 Å². The van der Waals surface area contributed by atoms with Crippen molar-refractivity contribution in [1.82, 2.24) is 9.88 Å². The summed E-state index contributed by atoms with van der Waals surface area (Å²) in [5.41, 5.74) is 2.20. The minimum Gasteiger partial charge on any atom is -0.393 e. The summed E-state index contributed by atoms with van der Waals surface area (Å²) in [6, 6.07) is 10.0. The molecule has 0 spiro atoms. The predicted molar refractivity (Wildman–Crippen MR) is 89.2 cm³/mol. The highest BCUT2D eigenvalue weighted by atomic mass is 19.1. The summed E-state index contributed by atoms with van der Waals surface area (Å²) in [4.78, 5) is 18.6. The van der Waals surface area contributed by atoms with Crippen LogP contribution < -0.4 is 0 Å². The van der Waals surface area contributed by atoms with Crippen LogP contribution in [-0.4, -0.2) is 40.1 Å². The molecule has 4 nitrogen and oxygen atoms in total. The fraction of sp³-hybridized carbons (Fsp3) is 0.368. The molecule has 0 radical (unpaired) electrons. The van der Waals surface area contributed by atoms with Crippen molar-refractivity contribution in [2.24, 2.45) is 0 Å². The Kier molecular flexibility index (Phi) is 5.20. The average Bonchev–Trinajstić information content (AvgIpc) is 2.80. The molecule has 1 aliphatic rings. The second kappa shape index (κ2) is 7.53. The van der Waals surface area contributed by atoms with Gasteiger partial charge in [0.2, 0.25) is 0 Å². The van der Waals surface area contributed by atoms with Crippen molar-refractivity contribution in [2.75, 3.05) is 13.1 Å². The molecule has 0 saturated carbocycles. The maximum absolute atomic E-state index is 13.2. The van der Waals surface area contributed by atoms with Gasteiger partial charge in [-0.2, -0.15) is 0 Å². The number of hydrogen-bond acceptors (Lipinski definition) is 3. The minimum atomic E-state index is -0.311. The third-order valence-electron chi connectivity index (χ3n) is 4.33. The van der Waals surface area contributed by atoms with Gasteiger partial charge in [0.25, 0.3) is 5.91 Å². The Morgan fingerprint density at radius 1 is 1.25 bits per heavy atom. The summed E-state index contributed by atoms with van der Waals surface area (Å²) in [6.07, 6.45) is 3.98. The van der Waals surface area contributed by atoms with Crippen molar-refractivity contribution in [3.8, 4) is 0 Å². The second-order valence-electron chi connectivity index (χ2n) is 6.22. The van der Waals surface area contributed by atoms with Crippen molar-refractivity contribution < 1.29 is 14.3 Å². The number of hydrogen-bond donors (Lipinski definition) is 1. The highest BCUT2D eigenvalue weighted by Crippen LogP contribution is 2.15. The van der Waals surface area contributed by atoms with Crippen LogP contribution in [0.4, 0.5) is 4.39 Å². The number of carbonyl (C=O) groups is 1. The fourth-order valence-corrected chi connectivity index (χ4v) is 2.98. The van der Waals surface area contributed by atoms with E-state index in [1.54, 1.807) is 23.2 Å². The molecule has 1 aromatic heterocycles. The van der Waals surface area contributed by atoms with Crippen molar-refractivity contribution >= 4 is 5.91 Å². The van der Waals surface area contributed by atoms with E-state index in [9.17, 15) is 14.3 Å². The van der Waals surface area contributed by atoms with Gasteiger partial charge in [0.05, 0.1) is 11.7 Å². The van der Waals surface area contributed by atoms with Crippen LogP contribution in [0, 0.1) is 5.82 Å². The van der Waals surface area contributed by atoms with Gasteiger partial charge in [0.1, 0.15) is 5.82 Å². The van der Waals surface area contributed by atoms with Gasteiger partial charge in [0, 0.05) is 31.4 Å². The van der Waals surface area contributed by atoms with E-state index in [4.69, 9.17) is 0 Å². The van der Waals surface area contributed by atoms with E-state index in [1.807, 2.05) is 12.1 Å². The number of aliphatic hydroxyl groups is 1. The Hall–Kier alpha value is -2.27. The van der Waals surface area contributed by atoms with Gasteiger partial charge in [-0.3, -0.25) is 9.78 Å². The Bertz CT molecular complexity index is 703. The summed E-state index contributed by atoms with van der Waals surface area (Å²) in [5.74, 6) is -0.309. The summed E-state index contributed by atoms with van der Waals surface area (Å²) in [6.45, 7) is 1.24. The van der Waals surface area contributed by atoms with Crippen molar-refractivity contribution in [2.45, 2.75) is 31.8 Å². The molecule has 2 heterocycles. The van der Waals surface area contributed by atoms with Gasteiger partial charge in [-0.15, -0.1) is 0 Å². The van der Waals surface area contributed by atoms with Crippen LogP contribution in [0.3, 0.4) is 0 Å². The lowest BCUT2D eigenvalue weighted by Gasteiger charge is -2.20. The first-order valence-electron chi connectivity index (χ1n) is 8.28. The highest BCUT2D eigenvalue weighted by molar-refractivity contribution is 5.93. The molecule has 0 bridgehead atoms. The zero-order valence-corrected chi connectivity index (χ0v) is 13.5. The fourth-order valence-electron chi connectivity index (χ4n) is 2.98. The van der Waals surface area contributed by atoms with Crippen LogP contribution in [0.2, 0.25) is 0 Å². The van der Waals surface area contributed by atoms with Gasteiger partial charge in [-0.1, -0.05) is 12.1 Å². The van der Waals surface area contributed by atoms with Gasteiger partial charge in [-0.05, 0) is 49.1 Å². The number of nitrogens with zero attached hydrogens (tertiary/aromatic N) is 2. The molecule has 1 aliphatic heterocycles. The summed E-state index contributed by atoms with van der Waals surface area (Å²) >= 11 is 0. The molecule has 0 unspecified atom stereocenters. The van der Waals surface area contributed by atoms with E-state index in [0.29, 0.717) is 31.5 Å². The summed E-state index contributed by atoms with van der Waals surface area (Å²) in [5, 5.41) is 9.68. The molecule has 1 amide bonds. The molecule has 1 fully saturated rings. The van der Waals surface area contributed by atoms with Crippen LogP contribution >= 0.6 is 0 Å². The number of rotatable bonds is 3. The number of likely N-dealkylation sites (tertiary alicyclic amines) is 1. The van der Waals surface area contributed by atoms with Gasteiger partial charge in [-0.25, -0.2) is 4.39 Å². The molecular formula is C19H21FN2O2. The van der Waals surface area contributed by atoms with Gasteiger partial charge >= 0.3 is 0 Å². The number of amides is 1. The number of pyridine rings is 1. The smallest absolute Gasteiger partial charge is 0.255 e. The molecule has 1 N–H and O–H groups in total. The monoisotopic (exact) mass is 328 g/mol. The maximum Gasteiger partial charge on any atom is 0.255 e. The third kappa shape index (κ3) is 4.17. The lowest BCUT2D eigenvalue weighted by Crippen LogP contribution is -2.32. The van der Waals surface area contributed by atoms with Crippen LogP contribution in [0.25, 0.3) is 0 Å². The molecule has 5 heteroatoms. The molecule has 0 aliphatic carbocycles. The Balaban J connectivity index is 1.66. The summed E-state index contributed by atoms with van der Waals surface area (Å²) in [7, 11) is 0. The number of carbonyl (C=O) groups excluding carboxylic acids is 1. The molecule has 3 rings (SSSR count). The maximum atomic E-state index is 13.2. The van der Waals surface area contributed by atoms with Crippen LogP contribution in [-0.2, 0) is 6.42 Å². The van der Waals surface area contributed by atoms with E-state index in [0.717, 1.165) is 24.1 Å². The largest absolute Gasteiger partial charge is 0.393 e. The molecule has 1 saturated heterocycles. The Morgan fingerprint density at radius 2 is 2.12 bits per heavy atom. The number of aliphatic hydroxyl groups excluding tert-OH is 1. The van der Waals surface area contributed by atoms with E-state index >= 15 is 0 Å². The lowest BCUT2D eigenvalue weighted by atomic mass is 10.1. The molecule has 24 heavy (non-hydrogen) atoms. The quantitative estimate of drug-likeness (QED) is 0.943.